The highest BCUT2D eigenvalue weighted by molar-refractivity contribution is 6.02. The number of aryl methyl sites for hydroxylation is 1. The number of nitrogens with zero attached hydrogens (tertiary/aromatic N) is 3. The predicted octanol–water partition coefficient (Wildman–Crippen LogP) is 5.79. The van der Waals surface area contributed by atoms with E-state index in [1.807, 2.05) is 45.0 Å². The van der Waals surface area contributed by atoms with Gasteiger partial charge >= 0.3 is 6.09 Å². The third kappa shape index (κ3) is 5.31. The molecule has 2 heterocycles. The van der Waals surface area contributed by atoms with Crippen LogP contribution in [0.4, 0.5) is 21.9 Å². The molecule has 0 atom stereocenters. The molecular formula is C29H39N5O2. The van der Waals surface area contributed by atoms with Crippen LogP contribution in [0.25, 0.3) is 22.2 Å². The molecule has 5 rings (SSSR count). The fraction of sp³-hybridized carbons (Fsp3) is 0.483. The zero-order chi connectivity index (χ0) is 25.4. The minimum Gasteiger partial charge on any atom is -0.444 e. The minimum atomic E-state index is -0.538. The van der Waals surface area contributed by atoms with Gasteiger partial charge in [-0.15, -0.1) is 0 Å². The molecule has 3 aromatic rings. The smallest absolute Gasteiger partial charge is 0.412 e. The van der Waals surface area contributed by atoms with Gasteiger partial charge in [0.15, 0.2) is 0 Å². The first-order chi connectivity index (χ1) is 17.2. The molecule has 1 saturated carbocycles. The van der Waals surface area contributed by atoms with Crippen LogP contribution in [-0.4, -0.2) is 53.9 Å². The molecule has 7 nitrogen and oxygen atoms in total. The molecule has 0 unspecified atom stereocenters. The standard InChI is InChI=1S/C29H39N5O2/c1-5-34-25-18-23(33-16-14-32(15-17-33)19-20-6-7-20)12-13-24(25)26(30)27(34)21-8-10-22(11-9-21)31-28(35)36-29(2,3)4/h8-13,18,20H,5-7,14-17,19,30H2,1-4H3,(H,31,35). The number of nitrogens with one attached hydrogen (secondary N) is 1. The molecule has 2 aliphatic rings. The molecule has 2 fully saturated rings. The van der Waals surface area contributed by atoms with Gasteiger partial charge < -0.3 is 19.9 Å². The van der Waals surface area contributed by atoms with Gasteiger partial charge in [-0.1, -0.05) is 12.1 Å². The third-order valence-corrected chi connectivity index (χ3v) is 7.16. The molecule has 36 heavy (non-hydrogen) atoms. The average Bonchev–Trinajstić information content (AvgIpc) is 3.61. The van der Waals surface area contributed by atoms with Gasteiger partial charge in [0.05, 0.1) is 16.9 Å². The molecule has 1 aliphatic heterocycles. The Hall–Kier alpha value is -3.19. The van der Waals surface area contributed by atoms with E-state index in [0.717, 1.165) is 61.0 Å². The lowest BCUT2D eigenvalue weighted by Gasteiger charge is -2.36. The van der Waals surface area contributed by atoms with E-state index in [1.165, 1.54) is 30.6 Å². The molecule has 7 heteroatoms. The second-order valence-electron chi connectivity index (χ2n) is 11.1. The number of ether oxygens (including phenoxy) is 1. The number of hydrogen-bond acceptors (Lipinski definition) is 5. The van der Waals surface area contributed by atoms with Crippen molar-refractivity contribution in [2.45, 2.75) is 52.7 Å². The highest BCUT2D eigenvalue weighted by Gasteiger charge is 2.27. The summed E-state index contributed by atoms with van der Waals surface area (Å²) < 4.78 is 7.66. The van der Waals surface area contributed by atoms with E-state index in [0.29, 0.717) is 5.69 Å². The Morgan fingerprint density at radius 3 is 2.36 bits per heavy atom. The molecule has 1 aliphatic carbocycles. The van der Waals surface area contributed by atoms with Crippen LogP contribution in [0.15, 0.2) is 42.5 Å². The van der Waals surface area contributed by atoms with Crippen LogP contribution in [-0.2, 0) is 11.3 Å². The molecule has 1 saturated heterocycles. The summed E-state index contributed by atoms with van der Waals surface area (Å²) >= 11 is 0. The van der Waals surface area contributed by atoms with Crippen molar-refractivity contribution >= 4 is 34.1 Å². The first-order valence-corrected chi connectivity index (χ1v) is 13.2. The Balaban J connectivity index is 1.36. The van der Waals surface area contributed by atoms with Crippen LogP contribution >= 0.6 is 0 Å². The van der Waals surface area contributed by atoms with E-state index in [9.17, 15) is 4.79 Å². The highest BCUT2D eigenvalue weighted by atomic mass is 16.6. The van der Waals surface area contributed by atoms with E-state index in [1.54, 1.807) is 0 Å². The largest absolute Gasteiger partial charge is 0.444 e. The topological polar surface area (TPSA) is 75.8 Å². The van der Waals surface area contributed by atoms with E-state index >= 15 is 0 Å². The third-order valence-electron chi connectivity index (χ3n) is 7.16. The molecule has 0 spiro atoms. The summed E-state index contributed by atoms with van der Waals surface area (Å²) in [7, 11) is 0. The number of aromatic nitrogens is 1. The Kier molecular flexibility index (Phi) is 6.60. The van der Waals surface area contributed by atoms with Crippen LogP contribution in [0.1, 0.15) is 40.5 Å². The fourth-order valence-corrected chi connectivity index (χ4v) is 5.19. The fourth-order valence-electron chi connectivity index (χ4n) is 5.19. The van der Waals surface area contributed by atoms with Gasteiger partial charge in [-0.3, -0.25) is 10.2 Å². The van der Waals surface area contributed by atoms with E-state index in [-0.39, 0.29) is 0 Å². The van der Waals surface area contributed by atoms with E-state index in [4.69, 9.17) is 10.5 Å². The van der Waals surface area contributed by atoms with Gasteiger partial charge in [0, 0.05) is 61.6 Å². The van der Waals surface area contributed by atoms with Crippen molar-refractivity contribution < 1.29 is 9.53 Å². The van der Waals surface area contributed by atoms with Crippen LogP contribution in [0.2, 0.25) is 0 Å². The van der Waals surface area contributed by atoms with Crippen molar-refractivity contribution in [2.24, 2.45) is 5.92 Å². The average molecular weight is 490 g/mol. The molecule has 2 aromatic carbocycles. The zero-order valence-corrected chi connectivity index (χ0v) is 22.0. The number of benzene rings is 2. The SMILES string of the molecule is CCn1c(-c2ccc(NC(=O)OC(C)(C)C)cc2)c(N)c2ccc(N3CCN(CC4CC4)CC3)cc21. The molecule has 1 amide bonds. The Morgan fingerprint density at radius 2 is 1.75 bits per heavy atom. The number of nitrogen functional groups attached to an aromatic ring is 1. The highest BCUT2D eigenvalue weighted by Crippen LogP contribution is 2.38. The number of carbonyl (C=O) groups excluding carboxylic acids is 1. The Bertz CT molecular complexity index is 1230. The first kappa shape index (κ1) is 24.5. The summed E-state index contributed by atoms with van der Waals surface area (Å²) in [6.07, 6.45) is 2.37. The van der Waals surface area contributed by atoms with Gasteiger partial charge in [0.1, 0.15) is 5.60 Å². The van der Waals surface area contributed by atoms with Crippen molar-refractivity contribution in [1.82, 2.24) is 9.47 Å². The van der Waals surface area contributed by atoms with Crippen molar-refractivity contribution in [3.05, 3.63) is 42.5 Å². The number of hydrogen-bond donors (Lipinski definition) is 2. The van der Waals surface area contributed by atoms with Crippen molar-refractivity contribution in [3.8, 4) is 11.3 Å². The molecule has 0 radical (unpaired) electrons. The lowest BCUT2D eigenvalue weighted by atomic mass is 10.1. The normalized spacial score (nSPS) is 16.9. The lowest BCUT2D eigenvalue weighted by molar-refractivity contribution is 0.0636. The Morgan fingerprint density at radius 1 is 1.06 bits per heavy atom. The van der Waals surface area contributed by atoms with Gasteiger partial charge in [-0.05, 0) is 76.8 Å². The number of amides is 1. The zero-order valence-electron chi connectivity index (χ0n) is 22.0. The van der Waals surface area contributed by atoms with Crippen molar-refractivity contribution in [2.75, 3.05) is 48.7 Å². The molecule has 0 bridgehead atoms. The summed E-state index contributed by atoms with van der Waals surface area (Å²) in [5.41, 5.74) is 12.1. The monoisotopic (exact) mass is 489 g/mol. The van der Waals surface area contributed by atoms with Gasteiger partial charge in [-0.2, -0.15) is 0 Å². The van der Waals surface area contributed by atoms with Crippen LogP contribution in [0.5, 0.6) is 0 Å². The molecule has 192 valence electrons. The number of nitrogens with two attached hydrogens (primary N) is 1. The van der Waals surface area contributed by atoms with Crippen LogP contribution in [0, 0.1) is 5.92 Å². The van der Waals surface area contributed by atoms with Gasteiger partial charge in [-0.25, -0.2) is 4.79 Å². The number of piperazine rings is 1. The summed E-state index contributed by atoms with van der Waals surface area (Å²) in [4.78, 5) is 17.2. The predicted molar refractivity (Wildman–Crippen MR) is 149 cm³/mol. The molecular weight excluding hydrogens is 450 g/mol. The van der Waals surface area contributed by atoms with Gasteiger partial charge in [0.2, 0.25) is 0 Å². The minimum absolute atomic E-state index is 0.460. The maximum absolute atomic E-state index is 12.1. The maximum Gasteiger partial charge on any atom is 0.412 e. The van der Waals surface area contributed by atoms with Crippen LogP contribution < -0.4 is 16.0 Å². The van der Waals surface area contributed by atoms with Crippen LogP contribution in [0.3, 0.4) is 0 Å². The van der Waals surface area contributed by atoms with Gasteiger partial charge in [0.25, 0.3) is 0 Å². The lowest BCUT2D eigenvalue weighted by Crippen LogP contribution is -2.47. The number of fused-ring (bicyclic) bond motifs is 1. The Labute approximate surface area is 214 Å². The maximum atomic E-state index is 12.1. The number of anilines is 3. The quantitative estimate of drug-likeness (QED) is 0.458. The van der Waals surface area contributed by atoms with Crippen molar-refractivity contribution in [3.63, 3.8) is 0 Å². The summed E-state index contributed by atoms with van der Waals surface area (Å²) in [6, 6.07) is 14.5. The summed E-state index contributed by atoms with van der Waals surface area (Å²) in [5.74, 6) is 0.948. The second-order valence-corrected chi connectivity index (χ2v) is 11.1. The van der Waals surface area contributed by atoms with E-state index < -0.39 is 11.7 Å². The van der Waals surface area contributed by atoms with E-state index in [2.05, 4.69) is 44.8 Å². The second kappa shape index (κ2) is 9.69. The molecule has 3 N–H and O–H groups in total. The summed E-state index contributed by atoms with van der Waals surface area (Å²) in [5, 5.41) is 3.88. The summed E-state index contributed by atoms with van der Waals surface area (Å²) in [6.45, 7) is 14.2. The van der Waals surface area contributed by atoms with Crippen molar-refractivity contribution in [1.29, 1.82) is 0 Å². The number of carbonyl (C=O) groups is 1. The first-order valence-electron chi connectivity index (χ1n) is 13.2. The number of rotatable bonds is 6. The molecule has 1 aromatic heterocycles.